The third kappa shape index (κ3) is 6.96. The van der Waals surface area contributed by atoms with Crippen molar-refractivity contribution in [3.8, 4) is 23.5 Å². The molecule has 3 aromatic rings. The van der Waals surface area contributed by atoms with E-state index in [2.05, 4.69) is 24.1 Å². The van der Waals surface area contributed by atoms with Crippen molar-refractivity contribution < 1.29 is 33.7 Å². The van der Waals surface area contributed by atoms with Crippen LogP contribution in [0.15, 0.2) is 54.6 Å². The fraction of sp³-hybridized carbons (Fsp3) is 0.500. The van der Waals surface area contributed by atoms with Gasteiger partial charge in [0.2, 0.25) is 11.8 Å². The zero-order valence-electron chi connectivity index (χ0n) is 28.7. The van der Waals surface area contributed by atoms with E-state index in [4.69, 9.17) is 19.2 Å². The van der Waals surface area contributed by atoms with Crippen LogP contribution in [0.2, 0.25) is 0 Å². The van der Waals surface area contributed by atoms with E-state index in [1.807, 2.05) is 61.5 Å². The van der Waals surface area contributed by atoms with Gasteiger partial charge in [0, 0.05) is 24.1 Å². The first-order valence-corrected chi connectivity index (χ1v) is 18.0. The van der Waals surface area contributed by atoms with Crippen LogP contribution in [-0.2, 0) is 20.9 Å². The molecular formula is C40H45N3O7. The van der Waals surface area contributed by atoms with E-state index < -0.39 is 41.6 Å². The number of carboxylic acid groups (broad SMARTS) is 1. The molecule has 2 aliphatic heterocycles. The van der Waals surface area contributed by atoms with Gasteiger partial charge in [0.25, 0.3) is 0 Å². The standard InChI is InChI=1S/C40H45N3O7/c1-25-28-16-8-4-9-18-30-34(48-24-26-14-6-3-7-15-26)29-17-10-11-19-31(29)41-36(30)49-27-22-32(38(45)46)43(23-27)37(44)35(42-39(47)50-33(25)28)40(2)20-12-5-13-21-40/h3,6-7,10-11,14-15,17,19,25,27-28,32-33,35H,4-5,8,12-13,16,20-24H2,1-2H3,(H,42,47)(H,45,46)/t25?,27-,28-,32+,33-,35-/m1/s1. The molecule has 2 N–H and O–H groups in total. The van der Waals surface area contributed by atoms with E-state index in [1.165, 1.54) is 4.90 Å². The van der Waals surface area contributed by atoms with Crippen LogP contribution in [0.25, 0.3) is 10.9 Å². The number of carbonyl (C=O) groups is 3. The number of hydrogen-bond acceptors (Lipinski definition) is 7. The predicted molar refractivity (Wildman–Crippen MR) is 186 cm³/mol. The third-order valence-electron chi connectivity index (χ3n) is 11.1. The molecule has 10 nitrogen and oxygen atoms in total. The number of ether oxygens (including phenoxy) is 3. The molecule has 2 aromatic carbocycles. The van der Waals surface area contributed by atoms with Gasteiger partial charge in [-0.2, -0.15) is 0 Å². The number of benzene rings is 2. The quantitative estimate of drug-likeness (QED) is 0.294. The minimum Gasteiger partial charge on any atom is -0.487 e. The van der Waals surface area contributed by atoms with Crippen LogP contribution >= 0.6 is 0 Å². The Morgan fingerprint density at radius 2 is 1.82 bits per heavy atom. The molecule has 1 aromatic heterocycles. The van der Waals surface area contributed by atoms with Gasteiger partial charge >= 0.3 is 12.1 Å². The van der Waals surface area contributed by atoms with Crippen LogP contribution in [0.4, 0.5) is 4.79 Å². The lowest BCUT2D eigenvalue weighted by Gasteiger charge is -2.41. The summed E-state index contributed by atoms with van der Waals surface area (Å²) in [7, 11) is 0. The normalized spacial score (nSPS) is 27.9. The van der Waals surface area contributed by atoms with Gasteiger partial charge in [-0.15, -0.1) is 0 Å². The second-order valence-corrected chi connectivity index (χ2v) is 14.6. The molecule has 1 saturated heterocycles. The molecule has 2 saturated carbocycles. The fourth-order valence-corrected chi connectivity index (χ4v) is 8.08. The Hall–Kier alpha value is -4.78. The van der Waals surface area contributed by atoms with E-state index >= 15 is 0 Å². The van der Waals surface area contributed by atoms with Crippen LogP contribution in [0, 0.1) is 29.1 Å². The Morgan fingerprint density at radius 1 is 1.06 bits per heavy atom. The second kappa shape index (κ2) is 14.2. The fourth-order valence-electron chi connectivity index (χ4n) is 8.08. The number of aromatic nitrogens is 1. The summed E-state index contributed by atoms with van der Waals surface area (Å²) in [5.41, 5.74) is 1.60. The minimum atomic E-state index is -1.14. The van der Waals surface area contributed by atoms with Gasteiger partial charge < -0.3 is 29.5 Å². The zero-order valence-corrected chi connectivity index (χ0v) is 28.7. The number of amides is 2. The Labute approximate surface area is 292 Å². The van der Waals surface area contributed by atoms with Crippen molar-refractivity contribution in [1.29, 1.82) is 0 Å². The number of pyridine rings is 1. The maximum absolute atomic E-state index is 14.5. The SMILES string of the molecule is CC1[C@H]2CCCC#Cc3c(nc4ccccc4c3OCc3ccccc3)O[C@@H]3C[C@@H](C(=O)O)N(C3)C(=O)[C@H](C3(C)CCCCC3)NC(=O)O[C@H]12. The molecule has 1 unspecified atom stereocenters. The van der Waals surface area contributed by atoms with Crippen LogP contribution in [-0.4, -0.2) is 63.8 Å². The van der Waals surface area contributed by atoms with E-state index in [0.717, 1.165) is 55.9 Å². The van der Waals surface area contributed by atoms with Gasteiger partial charge in [-0.25, -0.2) is 14.6 Å². The highest BCUT2D eigenvalue weighted by atomic mass is 16.6. The van der Waals surface area contributed by atoms with Crippen molar-refractivity contribution in [3.63, 3.8) is 0 Å². The van der Waals surface area contributed by atoms with Crippen LogP contribution in [0.5, 0.6) is 11.6 Å². The summed E-state index contributed by atoms with van der Waals surface area (Å²) < 4.78 is 19.0. The van der Waals surface area contributed by atoms with Crippen molar-refractivity contribution in [2.45, 2.75) is 103 Å². The highest BCUT2D eigenvalue weighted by Crippen LogP contribution is 2.46. The molecule has 0 radical (unpaired) electrons. The van der Waals surface area contributed by atoms with Crippen molar-refractivity contribution >= 4 is 28.9 Å². The topological polar surface area (TPSA) is 127 Å². The largest absolute Gasteiger partial charge is 0.487 e. The molecule has 3 fully saturated rings. The smallest absolute Gasteiger partial charge is 0.408 e. The molecule has 0 spiro atoms. The lowest BCUT2D eigenvalue weighted by Crippen LogP contribution is -2.58. The highest BCUT2D eigenvalue weighted by Gasteiger charge is 2.52. The van der Waals surface area contributed by atoms with Gasteiger partial charge in [0.15, 0.2) is 0 Å². The van der Waals surface area contributed by atoms with Gasteiger partial charge in [0.05, 0.1) is 12.1 Å². The lowest BCUT2D eigenvalue weighted by atomic mass is 9.70. The van der Waals surface area contributed by atoms with Crippen LogP contribution < -0.4 is 14.8 Å². The molecule has 10 heteroatoms. The summed E-state index contributed by atoms with van der Waals surface area (Å²) in [4.78, 5) is 46.8. The predicted octanol–water partition coefficient (Wildman–Crippen LogP) is 6.48. The Balaban J connectivity index is 1.28. The molecular weight excluding hydrogens is 634 g/mol. The molecule has 50 heavy (non-hydrogen) atoms. The van der Waals surface area contributed by atoms with Gasteiger partial charge in [-0.05, 0) is 54.7 Å². The number of rotatable bonds is 5. The number of alkyl carbamates (subject to hydrolysis) is 1. The molecule has 2 bridgehead atoms. The number of nitrogens with zero attached hydrogens (tertiary/aromatic N) is 2. The van der Waals surface area contributed by atoms with Gasteiger partial charge in [-0.3, -0.25) is 4.79 Å². The lowest BCUT2D eigenvalue weighted by molar-refractivity contribution is -0.150. The second-order valence-electron chi connectivity index (χ2n) is 14.6. The molecule has 7 rings (SSSR count). The summed E-state index contributed by atoms with van der Waals surface area (Å²) in [6, 6.07) is 15.5. The van der Waals surface area contributed by atoms with Crippen LogP contribution in [0.3, 0.4) is 0 Å². The average molecular weight is 680 g/mol. The minimum absolute atomic E-state index is 0.0163. The Kier molecular flexibility index (Phi) is 9.58. The summed E-state index contributed by atoms with van der Waals surface area (Å²) in [6.07, 6.45) is 5.19. The first-order valence-electron chi connectivity index (χ1n) is 18.0. The van der Waals surface area contributed by atoms with E-state index in [0.29, 0.717) is 29.9 Å². The van der Waals surface area contributed by atoms with Crippen LogP contribution in [0.1, 0.15) is 82.8 Å². The summed E-state index contributed by atoms with van der Waals surface area (Å²) in [6.45, 7) is 4.42. The highest BCUT2D eigenvalue weighted by molar-refractivity contribution is 5.91. The Bertz CT molecular complexity index is 1810. The number of carbonyl (C=O) groups excluding carboxylic acids is 2. The first kappa shape index (κ1) is 33.7. The number of aliphatic carboxylic acids is 1. The molecule has 262 valence electrons. The Morgan fingerprint density at radius 3 is 2.60 bits per heavy atom. The average Bonchev–Trinajstić information content (AvgIpc) is 3.49. The summed E-state index contributed by atoms with van der Waals surface area (Å²) >= 11 is 0. The number of fused-ring (bicyclic) bond motifs is 5. The number of nitrogens with one attached hydrogen (secondary N) is 1. The molecule has 4 aliphatic rings. The van der Waals surface area contributed by atoms with Crippen molar-refractivity contribution in [2.75, 3.05) is 6.54 Å². The van der Waals surface area contributed by atoms with E-state index in [9.17, 15) is 19.5 Å². The third-order valence-corrected chi connectivity index (χ3v) is 11.1. The monoisotopic (exact) mass is 679 g/mol. The summed E-state index contributed by atoms with van der Waals surface area (Å²) in [5.74, 6) is 6.28. The molecule has 2 amide bonds. The number of hydrogen-bond donors (Lipinski definition) is 2. The van der Waals surface area contributed by atoms with Crippen molar-refractivity contribution in [1.82, 2.24) is 15.2 Å². The maximum Gasteiger partial charge on any atom is 0.408 e. The van der Waals surface area contributed by atoms with Crippen molar-refractivity contribution in [2.24, 2.45) is 17.3 Å². The number of para-hydroxylation sites is 1. The number of carboxylic acids is 1. The molecule has 2 aliphatic carbocycles. The van der Waals surface area contributed by atoms with Crippen molar-refractivity contribution in [3.05, 3.63) is 65.7 Å². The zero-order chi connectivity index (χ0) is 34.8. The summed E-state index contributed by atoms with van der Waals surface area (Å²) in [5, 5.41) is 14.1. The van der Waals surface area contributed by atoms with E-state index in [-0.39, 0.29) is 36.8 Å². The van der Waals surface area contributed by atoms with Gasteiger partial charge in [-0.1, -0.05) is 87.4 Å². The maximum atomic E-state index is 14.5. The first-order chi connectivity index (χ1) is 24.2. The van der Waals surface area contributed by atoms with Gasteiger partial charge in [0.1, 0.15) is 42.2 Å². The molecule has 3 heterocycles. The molecule has 6 atom stereocenters. The van der Waals surface area contributed by atoms with E-state index in [1.54, 1.807) is 0 Å².